The molecule has 126 valence electrons. The summed E-state index contributed by atoms with van der Waals surface area (Å²) in [5.74, 6) is -1.53. The van der Waals surface area contributed by atoms with Gasteiger partial charge in [-0.3, -0.25) is 9.59 Å². The van der Waals surface area contributed by atoms with Crippen molar-refractivity contribution >= 4 is 23.2 Å². The van der Waals surface area contributed by atoms with Crippen LogP contribution in [0.5, 0.6) is 0 Å². The fraction of sp³-hybridized carbons (Fsp3) is 0.389. The number of carboxylic acids is 1. The molecule has 0 aliphatic heterocycles. The van der Waals surface area contributed by atoms with Gasteiger partial charge in [-0.2, -0.15) is 0 Å². The normalized spacial score (nSPS) is 21.8. The first-order valence-electron chi connectivity index (χ1n) is 8.12. The molecule has 2 aromatic rings. The van der Waals surface area contributed by atoms with Gasteiger partial charge < -0.3 is 10.4 Å². The molecule has 1 fully saturated rings. The first kappa shape index (κ1) is 16.6. The second kappa shape index (κ2) is 7.57. The van der Waals surface area contributed by atoms with Crippen molar-refractivity contribution in [1.29, 1.82) is 0 Å². The molecule has 3 rings (SSSR count). The Hall–Kier alpha value is -2.21. The summed E-state index contributed by atoms with van der Waals surface area (Å²) in [6, 6.07) is 9.44. The molecule has 1 aromatic carbocycles. The van der Waals surface area contributed by atoms with Crippen molar-refractivity contribution in [3.63, 3.8) is 0 Å². The van der Waals surface area contributed by atoms with Gasteiger partial charge in [0.15, 0.2) is 0 Å². The molecule has 0 radical (unpaired) electrons. The standard InChI is InChI=1S/C18H20N2O3S/c21-16(13-7-4-8-14(11-13)18(22)23)20-15(17-19-9-10-24-17)12-5-2-1-3-6-12/h1-3,5-6,9-10,13-15H,4,7-8,11H2,(H,20,21)(H,22,23)/t13-,14+,15?/m1/s1. The van der Waals surface area contributed by atoms with Crippen molar-refractivity contribution < 1.29 is 14.7 Å². The maximum absolute atomic E-state index is 12.7. The van der Waals surface area contributed by atoms with Crippen molar-refractivity contribution in [1.82, 2.24) is 10.3 Å². The highest BCUT2D eigenvalue weighted by molar-refractivity contribution is 7.09. The Kier molecular flexibility index (Phi) is 5.25. The van der Waals surface area contributed by atoms with Crippen LogP contribution in [0, 0.1) is 11.8 Å². The fourth-order valence-corrected chi connectivity index (χ4v) is 3.94. The van der Waals surface area contributed by atoms with Crippen LogP contribution in [0.1, 0.15) is 42.3 Å². The molecule has 1 heterocycles. The zero-order valence-electron chi connectivity index (χ0n) is 13.2. The summed E-state index contributed by atoms with van der Waals surface area (Å²) in [7, 11) is 0. The highest BCUT2D eigenvalue weighted by Crippen LogP contribution is 2.31. The predicted octanol–water partition coefficient (Wildman–Crippen LogP) is 3.24. The van der Waals surface area contributed by atoms with E-state index in [9.17, 15) is 14.7 Å². The number of nitrogens with one attached hydrogen (secondary N) is 1. The van der Waals surface area contributed by atoms with Gasteiger partial charge in [-0.25, -0.2) is 4.98 Å². The topological polar surface area (TPSA) is 79.3 Å². The Balaban J connectivity index is 1.75. The van der Waals surface area contributed by atoms with Gasteiger partial charge in [0, 0.05) is 17.5 Å². The van der Waals surface area contributed by atoms with Gasteiger partial charge in [0.05, 0.1) is 5.92 Å². The van der Waals surface area contributed by atoms with E-state index in [1.807, 2.05) is 35.7 Å². The third-order valence-electron chi connectivity index (χ3n) is 4.51. The monoisotopic (exact) mass is 344 g/mol. The second-order valence-corrected chi connectivity index (χ2v) is 7.05. The molecule has 6 heteroatoms. The molecule has 0 saturated heterocycles. The fourth-order valence-electron chi connectivity index (χ4n) is 3.22. The zero-order chi connectivity index (χ0) is 16.9. The number of carbonyl (C=O) groups is 2. The summed E-state index contributed by atoms with van der Waals surface area (Å²) in [6.45, 7) is 0. The SMILES string of the molecule is O=C(O)[C@H]1CCC[C@@H](C(=O)NC(c2ccccc2)c2nccs2)C1. The second-order valence-electron chi connectivity index (χ2n) is 6.12. The van der Waals surface area contributed by atoms with E-state index >= 15 is 0 Å². The largest absolute Gasteiger partial charge is 0.481 e. The van der Waals surface area contributed by atoms with Gasteiger partial charge >= 0.3 is 5.97 Å². The summed E-state index contributed by atoms with van der Waals surface area (Å²) < 4.78 is 0. The lowest BCUT2D eigenvalue weighted by Gasteiger charge is -2.27. The van der Waals surface area contributed by atoms with E-state index in [0.29, 0.717) is 12.8 Å². The van der Waals surface area contributed by atoms with Gasteiger partial charge in [0.2, 0.25) is 5.91 Å². The van der Waals surface area contributed by atoms with E-state index in [1.165, 1.54) is 11.3 Å². The molecule has 1 amide bonds. The van der Waals surface area contributed by atoms with E-state index in [2.05, 4.69) is 10.3 Å². The van der Waals surface area contributed by atoms with Crippen LogP contribution >= 0.6 is 11.3 Å². The average Bonchev–Trinajstić information content (AvgIpc) is 3.14. The Morgan fingerprint density at radius 1 is 1.21 bits per heavy atom. The molecular formula is C18H20N2O3S. The number of nitrogens with zero attached hydrogens (tertiary/aromatic N) is 1. The van der Waals surface area contributed by atoms with E-state index in [4.69, 9.17) is 0 Å². The van der Waals surface area contributed by atoms with Crippen LogP contribution in [-0.4, -0.2) is 22.0 Å². The van der Waals surface area contributed by atoms with Crippen molar-refractivity contribution in [2.75, 3.05) is 0 Å². The van der Waals surface area contributed by atoms with E-state index in [0.717, 1.165) is 23.4 Å². The predicted molar refractivity (Wildman–Crippen MR) is 91.6 cm³/mol. The first-order valence-corrected chi connectivity index (χ1v) is 9.00. The minimum atomic E-state index is -0.799. The van der Waals surface area contributed by atoms with Crippen molar-refractivity contribution in [2.45, 2.75) is 31.7 Å². The van der Waals surface area contributed by atoms with Crippen molar-refractivity contribution in [3.05, 3.63) is 52.5 Å². The Morgan fingerprint density at radius 3 is 2.62 bits per heavy atom. The lowest BCUT2D eigenvalue weighted by atomic mass is 9.81. The van der Waals surface area contributed by atoms with Gasteiger partial charge in [0.1, 0.15) is 11.0 Å². The molecule has 1 aromatic heterocycles. The minimum absolute atomic E-state index is 0.0787. The van der Waals surface area contributed by atoms with Gasteiger partial charge in [-0.05, 0) is 24.8 Å². The number of hydrogen-bond acceptors (Lipinski definition) is 4. The molecular weight excluding hydrogens is 324 g/mol. The number of thiazole rings is 1. The molecule has 0 bridgehead atoms. The molecule has 1 aliphatic rings. The lowest BCUT2D eigenvalue weighted by molar-refractivity contribution is -0.144. The number of aliphatic carboxylic acids is 1. The molecule has 1 saturated carbocycles. The van der Waals surface area contributed by atoms with Crippen LogP contribution in [0.15, 0.2) is 41.9 Å². The van der Waals surface area contributed by atoms with Crippen LogP contribution in [0.3, 0.4) is 0 Å². The summed E-state index contributed by atoms with van der Waals surface area (Å²) in [5.41, 5.74) is 0.978. The summed E-state index contributed by atoms with van der Waals surface area (Å²) in [6.07, 6.45) is 4.33. The highest BCUT2D eigenvalue weighted by atomic mass is 32.1. The van der Waals surface area contributed by atoms with Gasteiger partial charge in [-0.1, -0.05) is 36.8 Å². The van der Waals surface area contributed by atoms with Crippen molar-refractivity contribution in [2.24, 2.45) is 11.8 Å². The number of carbonyl (C=O) groups excluding carboxylic acids is 1. The van der Waals surface area contributed by atoms with Crippen LogP contribution in [-0.2, 0) is 9.59 Å². The number of benzene rings is 1. The Morgan fingerprint density at radius 2 is 1.96 bits per heavy atom. The van der Waals surface area contributed by atoms with Crippen LogP contribution in [0.4, 0.5) is 0 Å². The number of rotatable bonds is 5. The van der Waals surface area contributed by atoms with Crippen LogP contribution in [0.25, 0.3) is 0 Å². The molecule has 5 nitrogen and oxygen atoms in total. The quantitative estimate of drug-likeness (QED) is 0.873. The number of carboxylic acid groups (broad SMARTS) is 1. The third-order valence-corrected chi connectivity index (χ3v) is 5.35. The van der Waals surface area contributed by atoms with E-state index in [-0.39, 0.29) is 17.9 Å². The lowest BCUT2D eigenvalue weighted by Crippen LogP contribution is -2.37. The highest BCUT2D eigenvalue weighted by Gasteiger charge is 2.32. The van der Waals surface area contributed by atoms with E-state index in [1.54, 1.807) is 6.20 Å². The molecule has 1 unspecified atom stereocenters. The van der Waals surface area contributed by atoms with Gasteiger partial charge in [-0.15, -0.1) is 11.3 Å². The number of amides is 1. The first-order chi connectivity index (χ1) is 11.6. The average molecular weight is 344 g/mol. The maximum atomic E-state index is 12.7. The Labute approximate surface area is 144 Å². The third kappa shape index (κ3) is 3.82. The maximum Gasteiger partial charge on any atom is 0.306 e. The summed E-state index contributed by atoms with van der Waals surface area (Å²) in [5, 5.41) is 15.0. The summed E-state index contributed by atoms with van der Waals surface area (Å²) in [4.78, 5) is 28.3. The Bertz CT molecular complexity index is 688. The number of aromatic nitrogens is 1. The molecule has 24 heavy (non-hydrogen) atoms. The molecule has 1 aliphatic carbocycles. The molecule has 2 N–H and O–H groups in total. The summed E-state index contributed by atoms with van der Waals surface area (Å²) >= 11 is 1.50. The van der Waals surface area contributed by atoms with Crippen LogP contribution in [0.2, 0.25) is 0 Å². The van der Waals surface area contributed by atoms with Gasteiger partial charge in [0.25, 0.3) is 0 Å². The number of hydrogen-bond donors (Lipinski definition) is 2. The van der Waals surface area contributed by atoms with Crippen molar-refractivity contribution in [3.8, 4) is 0 Å². The van der Waals surface area contributed by atoms with Crippen LogP contribution < -0.4 is 5.32 Å². The van der Waals surface area contributed by atoms with E-state index < -0.39 is 11.9 Å². The minimum Gasteiger partial charge on any atom is -0.481 e. The zero-order valence-corrected chi connectivity index (χ0v) is 14.0. The smallest absolute Gasteiger partial charge is 0.306 e. The molecule has 3 atom stereocenters. The molecule has 0 spiro atoms.